The van der Waals surface area contributed by atoms with E-state index in [0.29, 0.717) is 17.7 Å². The lowest BCUT2D eigenvalue weighted by molar-refractivity contribution is -0.0322. The first-order chi connectivity index (χ1) is 16.3. The summed E-state index contributed by atoms with van der Waals surface area (Å²) in [6.45, 7) is 1.93. The van der Waals surface area contributed by atoms with Crippen LogP contribution < -0.4 is 0 Å². The topological polar surface area (TPSA) is 46.6 Å². The average Bonchev–Trinajstić information content (AvgIpc) is 3.11. The van der Waals surface area contributed by atoms with Gasteiger partial charge in [-0.25, -0.2) is 17.2 Å². The van der Waals surface area contributed by atoms with Crippen molar-refractivity contribution in [2.24, 2.45) is 0 Å². The van der Waals surface area contributed by atoms with Crippen molar-refractivity contribution in [2.45, 2.75) is 61.8 Å². The van der Waals surface area contributed by atoms with Crippen molar-refractivity contribution in [3.05, 3.63) is 101 Å². The molecule has 2 unspecified atom stereocenters. The van der Waals surface area contributed by atoms with Gasteiger partial charge in [0, 0.05) is 12.1 Å². The van der Waals surface area contributed by atoms with Crippen LogP contribution in [0.1, 0.15) is 48.5 Å². The number of nitrogens with zero attached hydrogens (tertiary/aromatic N) is 1. The molecule has 2 bridgehead atoms. The van der Waals surface area contributed by atoms with Crippen LogP contribution in [-0.4, -0.2) is 30.9 Å². The maximum atomic E-state index is 13.5. The van der Waals surface area contributed by atoms with E-state index >= 15 is 0 Å². The molecule has 2 fully saturated rings. The number of halogens is 2. The minimum Gasteiger partial charge on any atom is -0.365 e. The van der Waals surface area contributed by atoms with E-state index in [2.05, 4.69) is 0 Å². The van der Waals surface area contributed by atoms with Gasteiger partial charge < -0.3 is 4.74 Å². The van der Waals surface area contributed by atoms with Crippen LogP contribution in [0.5, 0.6) is 0 Å². The van der Waals surface area contributed by atoms with E-state index in [0.717, 1.165) is 29.5 Å². The molecule has 7 heteroatoms. The molecule has 3 aromatic rings. The SMILES string of the molecule is Cc1ccc(S(=O)(=O)N2C3CCC2CC(OC(c2ccc(F)cc2)c2ccc(F)cc2)C3)cc1. The van der Waals surface area contributed by atoms with Crippen molar-refractivity contribution in [2.75, 3.05) is 0 Å². The van der Waals surface area contributed by atoms with Gasteiger partial charge >= 0.3 is 0 Å². The molecule has 0 N–H and O–H groups in total. The van der Waals surface area contributed by atoms with E-state index < -0.39 is 16.1 Å². The Labute approximate surface area is 199 Å². The maximum absolute atomic E-state index is 13.5. The molecule has 3 aromatic carbocycles. The molecule has 2 heterocycles. The molecule has 178 valence electrons. The van der Waals surface area contributed by atoms with Gasteiger partial charge in [-0.05, 0) is 80.1 Å². The van der Waals surface area contributed by atoms with Crippen LogP contribution in [0.15, 0.2) is 77.7 Å². The lowest BCUT2D eigenvalue weighted by Crippen LogP contribution is -2.48. The molecule has 0 radical (unpaired) electrons. The Morgan fingerprint density at radius 3 is 1.74 bits per heavy atom. The Kier molecular flexibility index (Phi) is 6.27. The zero-order valence-electron chi connectivity index (χ0n) is 18.9. The molecule has 2 saturated heterocycles. The van der Waals surface area contributed by atoms with E-state index in [9.17, 15) is 17.2 Å². The van der Waals surface area contributed by atoms with Crippen molar-refractivity contribution in [3.63, 3.8) is 0 Å². The van der Waals surface area contributed by atoms with E-state index in [1.165, 1.54) is 24.3 Å². The first kappa shape index (κ1) is 23.1. The lowest BCUT2D eigenvalue weighted by atomic mass is 9.98. The summed E-state index contributed by atoms with van der Waals surface area (Å²) in [6.07, 6.45) is 2.11. The Morgan fingerprint density at radius 1 is 0.794 bits per heavy atom. The van der Waals surface area contributed by atoms with Crippen LogP contribution in [0.3, 0.4) is 0 Å². The number of piperidine rings is 1. The number of hydrogen-bond acceptors (Lipinski definition) is 3. The Morgan fingerprint density at radius 2 is 1.26 bits per heavy atom. The summed E-state index contributed by atoms with van der Waals surface area (Å²) in [5.41, 5.74) is 2.56. The smallest absolute Gasteiger partial charge is 0.243 e. The summed E-state index contributed by atoms with van der Waals surface area (Å²) in [6, 6.07) is 19.0. The van der Waals surface area contributed by atoms with Crippen LogP contribution in [-0.2, 0) is 14.8 Å². The zero-order valence-corrected chi connectivity index (χ0v) is 19.7. The van der Waals surface area contributed by atoms with Crippen LogP contribution in [0.2, 0.25) is 0 Å². The van der Waals surface area contributed by atoms with Gasteiger partial charge in [-0.3, -0.25) is 0 Å². The fourth-order valence-electron chi connectivity index (χ4n) is 5.24. The van der Waals surface area contributed by atoms with Gasteiger partial charge in [0.15, 0.2) is 0 Å². The highest BCUT2D eigenvalue weighted by atomic mass is 32.2. The maximum Gasteiger partial charge on any atom is 0.243 e. The predicted octanol–water partition coefficient (Wildman–Crippen LogP) is 5.76. The number of hydrogen-bond donors (Lipinski definition) is 0. The lowest BCUT2D eigenvalue weighted by Gasteiger charge is -2.39. The van der Waals surface area contributed by atoms with Crippen LogP contribution in [0, 0.1) is 18.6 Å². The Balaban J connectivity index is 1.38. The predicted molar refractivity (Wildman–Crippen MR) is 126 cm³/mol. The summed E-state index contributed by atoms with van der Waals surface area (Å²) < 4.78 is 62.1. The third-order valence-electron chi connectivity index (χ3n) is 6.89. The Bertz CT molecular complexity index is 1190. The van der Waals surface area contributed by atoms with Gasteiger partial charge in [0.25, 0.3) is 0 Å². The summed E-state index contributed by atoms with van der Waals surface area (Å²) in [4.78, 5) is 0.324. The van der Waals surface area contributed by atoms with Crippen molar-refractivity contribution in [3.8, 4) is 0 Å². The molecule has 4 nitrogen and oxygen atoms in total. The summed E-state index contributed by atoms with van der Waals surface area (Å²) in [5, 5.41) is 0. The average molecular weight is 484 g/mol. The largest absolute Gasteiger partial charge is 0.365 e. The monoisotopic (exact) mass is 483 g/mol. The Hall–Kier alpha value is -2.61. The van der Waals surface area contributed by atoms with Gasteiger partial charge in [-0.1, -0.05) is 42.0 Å². The molecular weight excluding hydrogens is 456 g/mol. The molecular formula is C27H27F2NO3S. The molecule has 0 amide bonds. The number of benzene rings is 3. The standard InChI is InChI=1S/C27H27F2NO3S/c1-18-2-14-26(15-3-18)34(31,32)30-23-12-13-24(30)17-25(16-23)33-27(19-4-8-21(28)9-5-19)20-6-10-22(29)11-7-20/h2-11,14-15,23-25,27H,12-13,16-17H2,1H3. The van der Waals surface area contributed by atoms with Gasteiger partial charge in [0.05, 0.1) is 11.0 Å². The van der Waals surface area contributed by atoms with Crippen LogP contribution >= 0.6 is 0 Å². The minimum atomic E-state index is -3.59. The quantitative estimate of drug-likeness (QED) is 0.448. The van der Waals surface area contributed by atoms with Gasteiger partial charge in [0.1, 0.15) is 17.7 Å². The highest BCUT2D eigenvalue weighted by Gasteiger charge is 2.48. The van der Waals surface area contributed by atoms with E-state index in [-0.39, 0.29) is 29.8 Å². The second kappa shape index (κ2) is 9.21. The molecule has 2 atom stereocenters. The third kappa shape index (κ3) is 4.52. The third-order valence-corrected chi connectivity index (χ3v) is 8.91. The minimum absolute atomic E-state index is 0.128. The normalized spacial score (nSPS) is 22.9. The zero-order chi connectivity index (χ0) is 23.9. The first-order valence-electron chi connectivity index (χ1n) is 11.6. The summed E-state index contributed by atoms with van der Waals surface area (Å²) >= 11 is 0. The molecule has 5 rings (SSSR count). The van der Waals surface area contributed by atoms with Gasteiger partial charge in [-0.2, -0.15) is 4.31 Å². The second-order valence-corrected chi connectivity index (χ2v) is 11.1. The number of ether oxygens (including phenoxy) is 1. The molecule has 0 aromatic heterocycles. The number of rotatable bonds is 6. The fourth-order valence-corrected chi connectivity index (χ4v) is 7.13. The summed E-state index contributed by atoms with van der Waals surface area (Å²) in [5.74, 6) is -0.677. The van der Waals surface area contributed by atoms with Crippen molar-refractivity contribution >= 4 is 10.0 Å². The molecule has 0 aliphatic carbocycles. The molecule has 0 saturated carbocycles. The van der Waals surface area contributed by atoms with E-state index in [4.69, 9.17) is 4.74 Å². The van der Waals surface area contributed by atoms with Crippen LogP contribution in [0.25, 0.3) is 0 Å². The number of fused-ring (bicyclic) bond motifs is 2. The van der Waals surface area contributed by atoms with Gasteiger partial charge in [-0.15, -0.1) is 0 Å². The van der Waals surface area contributed by atoms with Crippen molar-refractivity contribution in [1.29, 1.82) is 0 Å². The number of sulfonamides is 1. The fraction of sp³-hybridized carbons (Fsp3) is 0.333. The van der Waals surface area contributed by atoms with Crippen molar-refractivity contribution < 1.29 is 21.9 Å². The highest BCUT2D eigenvalue weighted by molar-refractivity contribution is 7.89. The molecule has 0 spiro atoms. The number of aryl methyl sites for hydroxylation is 1. The molecule has 2 aliphatic heterocycles. The molecule has 34 heavy (non-hydrogen) atoms. The first-order valence-corrected chi connectivity index (χ1v) is 13.0. The highest BCUT2D eigenvalue weighted by Crippen LogP contribution is 2.42. The van der Waals surface area contributed by atoms with Gasteiger partial charge in [0.2, 0.25) is 10.0 Å². The second-order valence-electron chi connectivity index (χ2n) is 9.25. The summed E-state index contributed by atoms with van der Waals surface area (Å²) in [7, 11) is -3.59. The van der Waals surface area contributed by atoms with E-state index in [1.54, 1.807) is 40.7 Å². The van der Waals surface area contributed by atoms with E-state index in [1.807, 2.05) is 19.1 Å². The van der Waals surface area contributed by atoms with Crippen molar-refractivity contribution in [1.82, 2.24) is 4.31 Å². The molecule has 2 aliphatic rings. The van der Waals surface area contributed by atoms with Crippen LogP contribution in [0.4, 0.5) is 8.78 Å².